The molecule has 0 saturated heterocycles. The molecule has 0 amide bonds. The van der Waals surface area contributed by atoms with Gasteiger partial charge in [0.25, 0.3) is 0 Å². The van der Waals surface area contributed by atoms with Gasteiger partial charge in [-0.3, -0.25) is 0 Å². The number of hydrogen-bond acceptors (Lipinski definition) is 2. The van der Waals surface area contributed by atoms with Crippen LogP contribution in [0.1, 0.15) is 40.3 Å². The minimum Gasteiger partial charge on any atom is -0.305 e. The van der Waals surface area contributed by atoms with Crippen molar-refractivity contribution in [1.82, 2.24) is 5.32 Å². The summed E-state index contributed by atoms with van der Waals surface area (Å²) in [6.07, 6.45) is 0.900. The zero-order valence-corrected chi connectivity index (χ0v) is 14.7. The minimum atomic E-state index is -0.506. The highest BCUT2D eigenvalue weighted by Gasteiger charge is 2.24. The topological polar surface area (TPSA) is 12.0 Å². The lowest BCUT2D eigenvalue weighted by atomic mass is 10.0. The number of thiophene rings is 1. The summed E-state index contributed by atoms with van der Waals surface area (Å²) in [5, 5.41) is 3.26. The minimum absolute atomic E-state index is 0.109. The second-order valence-electron chi connectivity index (χ2n) is 5.03. The molecular weight excluding hydrogens is 356 g/mol. The summed E-state index contributed by atoms with van der Waals surface area (Å²) in [5.41, 5.74) is 0.569. The second kappa shape index (κ2) is 6.99. The van der Waals surface area contributed by atoms with Crippen molar-refractivity contribution >= 4 is 27.3 Å². The van der Waals surface area contributed by atoms with Gasteiger partial charge in [0.15, 0.2) is 0 Å². The summed E-state index contributed by atoms with van der Waals surface area (Å²) in [4.78, 5) is 2.01. The zero-order chi connectivity index (χ0) is 15.6. The largest absolute Gasteiger partial charge is 0.305 e. The first-order chi connectivity index (χ1) is 9.95. The number of halogens is 3. The van der Waals surface area contributed by atoms with Crippen LogP contribution in [0.2, 0.25) is 0 Å². The molecule has 1 atom stereocenters. The van der Waals surface area contributed by atoms with E-state index in [9.17, 15) is 8.78 Å². The first-order valence-corrected chi connectivity index (χ1v) is 8.50. The third-order valence-corrected chi connectivity index (χ3v) is 5.57. The molecule has 2 aromatic rings. The first-order valence-electron chi connectivity index (χ1n) is 6.89. The van der Waals surface area contributed by atoms with Crippen molar-refractivity contribution < 1.29 is 8.78 Å². The van der Waals surface area contributed by atoms with Crippen molar-refractivity contribution in [3.8, 4) is 0 Å². The SMILES string of the molecule is CCCNC(c1cc(Br)c(C)s1)c1c(F)ccc(C)c1F. The Labute approximate surface area is 136 Å². The molecule has 114 valence electrons. The summed E-state index contributed by atoms with van der Waals surface area (Å²) in [6.45, 7) is 6.37. The van der Waals surface area contributed by atoms with Crippen molar-refractivity contribution in [2.45, 2.75) is 33.2 Å². The van der Waals surface area contributed by atoms with Gasteiger partial charge >= 0.3 is 0 Å². The van der Waals surface area contributed by atoms with E-state index in [1.165, 1.54) is 12.1 Å². The molecule has 2 rings (SSSR count). The predicted molar refractivity (Wildman–Crippen MR) is 88.0 cm³/mol. The number of hydrogen-bond donors (Lipinski definition) is 1. The molecule has 1 aromatic heterocycles. The van der Waals surface area contributed by atoms with E-state index in [0.29, 0.717) is 12.1 Å². The van der Waals surface area contributed by atoms with Crippen LogP contribution in [0.25, 0.3) is 0 Å². The first kappa shape index (κ1) is 16.6. The van der Waals surface area contributed by atoms with Crippen LogP contribution in [0.15, 0.2) is 22.7 Å². The number of aryl methyl sites for hydroxylation is 2. The molecule has 1 heterocycles. The molecule has 0 aliphatic heterocycles. The summed E-state index contributed by atoms with van der Waals surface area (Å²) < 4.78 is 29.6. The highest BCUT2D eigenvalue weighted by molar-refractivity contribution is 9.10. The Balaban J connectivity index is 2.53. The molecule has 21 heavy (non-hydrogen) atoms. The molecule has 1 aromatic carbocycles. The van der Waals surface area contributed by atoms with Crippen molar-refractivity contribution in [2.75, 3.05) is 6.54 Å². The van der Waals surface area contributed by atoms with Gasteiger partial charge in [-0.25, -0.2) is 8.78 Å². The van der Waals surface area contributed by atoms with E-state index in [1.54, 1.807) is 18.3 Å². The Morgan fingerprint density at radius 1 is 1.29 bits per heavy atom. The van der Waals surface area contributed by atoms with Crippen LogP contribution in [-0.4, -0.2) is 6.54 Å². The lowest BCUT2D eigenvalue weighted by molar-refractivity contribution is 0.502. The Morgan fingerprint density at radius 3 is 2.57 bits per heavy atom. The van der Waals surface area contributed by atoms with Gasteiger partial charge in [0.05, 0.1) is 6.04 Å². The standard InChI is InChI=1S/C16H18BrF2NS/c1-4-7-20-16(13-8-11(17)10(3)21-13)14-12(18)6-5-9(2)15(14)19/h5-6,8,16,20H,4,7H2,1-3H3. The Morgan fingerprint density at radius 2 is 2.00 bits per heavy atom. The third kappa shape index (κ3) is 3.52. The summed E-state index contributed by atoms with van der Waals surface area (Å²) >= 11 is 5.02. The van der Waals surface area contributed by atoms with E-state index in [4.69, 9.17) is 0 Å². The molecule has 0 saturated carbocycles. The molecule has 0 bridgehead atoms. The van der Waals surface area contributed by atoms with Crippen LogP contribution < -0.4 is 5.32 Å². The Kier molecular flexibility index (Phi) is 5.52. The third-order valence-electron chi connectivity index (χ3n) is 3.37. The molecule has 1 N–H and O–H groups in total. The zero-order valence-electron chi connectivity index (χ0n) is 12.3. The van der Waals surface area contributed by atoms with Gasteiger partial charge in [0.1, 0.15) is 11.6 Å². The van der Waals surface area contributed by atoms with Crippen LogP contribution in [-0.2, 0) is 0 Å². The van der Waals surface area contributed by atoms with E-state index in [2.05, 4.69) is 21.2 Å². The van der Waals surface area contributed by atoms with E-state index in [1.807, 2.05) is 19.9 Å². The Hall–Kier alpha value is -0.780. The molecule has 0 aliphatic carbocycles. The van der Waals surface area contributed by atoms with Gasteiger partial charge in [0.2, 0.25) is 0 Å². The van der Waals surface area contributed by atoms with Gasteiger partial charge in [0, 0.05) is 19.8 Å². The molecular formula is C16H18BrF2NS. The van der Waals surface area contributed by atoms with Crippen LogP contribution in [0, 0.1) is 25.5 Å². The predicted octanol–water partition coefficient (Wildman–Crippen LogP) is 5.49. The van der Waals surface area contributed by atoms with Gasteiger partial charge in [-0.05, 0) is 60.4 Å². The van der Waals surface area contributed by atoms with Crippen LogP contribution >= 0.6 is 27.3 Å². The molecule has 0 aliphatic rings. The van der Waals surface area contributed by atoms with Crippen molar-refractivity contribution in [1.29, 1.82) is 0 Å². The molecule has 5 heteroatoms. The second-order valence-corrected chi connectivity index (χ2v) is 7.17. The maximum atomic E-state index is 14.4. The van der Waals surface area contributed by atoms with E-state index >= 15 is 0 Å². The highest BCUT2D eigenvalue weighted by atomic mass is 79.9. The maximum Gasteiger partial charge on any atom is 0.134 e. The highest BCUT2D eigenvalue weighted by Crippen LogP contribution is 2.36. The molecule has 1 unspecified atom stereocenters. The van der Waals surface area contributed by atoms with E-state index in [0.717, 1.165) is 20.6 Å². The van der Waals surface area contributed by atoms with Crippen LogP contribution in [0.5, 0.6) is 0 Å². The molecule has 0 fully saturated rings. The van der Waals surface area contributed by atoms with Gasteiger partial charge < -0.3 is 5.32 Å². The number of rotatable bonds is 5. The number of nitrogens with one attached hydrogen (secondary N) is 1. The summed E-state index contributed by atoms with van der Waals surface area (Å²) in [5.74, 6) is -0.973. The monoisotopic (exact) mass is 373 g/mol. The van der Waals surface area contributed by atoms with Gasteiger partial charge in [-0.2, -0.15) is 0 Å². The van der Waals surface area contributed by atoms with Gasteiger partial charge in [-0.1, -0.05) is 13.0 Å². The molecule has 0 radical (unpaired) electrons. The van der Waals surface area contributed by atoms with Crippen molar-refractivity contribution in [2.24, 2.45) is 0 Å². The average Bonchev–Trinajstić information content (AvgIpc) is 2.78. The summed E-state index contributed by atoms with van der Waals surface area (Å²) in [7, 11) is 0. The smallest absolute Gasteiger partial charge is 0.134 e. The van der Waals surface area contributed by atoms with Gasteiger partial charge in [-0.15, -0.1) is 11.3 Å². The molecule has 1 nitrogen and oxygen atoms in total. The van der Waals surface area contributed by atoms with Crippen LogP contribution in [0.4, 0.5) is 8.78 Å². The van der Waals surface area contributed by atoms with Crippen molar-refractivity contribution in [3.63, 3.8) is 0 Å². The lowest BCUT2D eigenvalue weighted by Gasteiger charge is -2.20. The van der Waals surface area contributed by atoms with E-state index < -0.39 is 17.7 Å². The normalized spacial score (nSPS) is 12.7. The van der Waals surface area contributed by atoms with E-state index in [-0.39, 0.29) is 5.56 Å². The number of benzene rings is 1. The fraction of sp³-hybridized carbons (Fsp3) is 0.375. The Bertz CT molecular complexity index is 620. The summed E-state index contributed by atoms with van der Waals surface area (Å²) in [6, 6.07) is 4.29. The lowest BCUT2D eigenvalue weighted by Crippen LogP contribution is -2.24. The van der Waals surface area contributed by atoms with Crippen molar-refractivity contribution in [3.05, 3.63) is 55.2 Å². The van der Waals surface area contributed by atoms with Crippen LogP contribution in [0.3, 0.4) is 0 Å². The fourth-order valence-corrected chi connectivity index (χ4v) is 3.85. The maximum absolute atomic E-state index is 14.4. The molecule has 0 spiro atoms. The quantitative estimate of drug-likeness (QED) is 0.729. The fourth-order valence-electron chi connectivity index (χ4n) is 2.20. The average molecular weight is 374 g/mol.